The van der Waals surface area contributed by atoms with Crippen molar-refractivity contribution in [3.8, 4) is 0 Å². The van der Waals surface area contributed by atoms with E-state index in [1.54, 1.807) is 0 Å². The van der Waals surface area contributed by atoms with Gasteiger partial charge in [-0.2, -0.15) is 0 Å². The van der Waals surface area contributed by atoms with Crippen LogP contribution in [0.4, 0.5) is 0 Å². The van der Waals surface area contributed by atoms with E-state index in [1.807, 2.05) is 0 Å². The number of hydrogen-bond acceptors (Lipinski definition) is 1. The number of hydrogen-bond donors (Lipinski definition) is 1. The maximum absolute atomic E-state index is 3.99. The summed E-state index contributed by atoms with van der Waals surface area (Å²) in [5.74, 6) is 2.46. The van der Waals surface area contributed by atoms with Crippen LogP contribution in [0.1, 0.15) is 63.9 Å². The van der Waals surface area contributed by atoms with Gasteiger partial charge in [-0.1, -0.05) is 60.8 Å². The Hall–Kier alpha value is -0.340. The van der Waals surface area contributed by atoms with Crippen LogP contribution in [0.3, 0.4) is 0 Å². The van der Waals surface area contributed by atoms with Gasteiger partial charge in [0.2, 0.25) is 0 Å². The van der Waals surface area contributed by atoms with Gasteiger partial charge in [0.25, 0.3) is 0 Å². The molecule has 1 aromatic carbocycles. The highest BCUT2D eigenvalue weighted by molar-refractivity contribution is 9.10. The summed E-state index contributed by atoms with van der Waals surface area (Å²) in [6, 6.07) is 10.2. The van der Waals surface area contributed by atoms with Gasteiger partial charge in [0.15, 0.2) is 0 Å². The minimum atomic E-state index is 0.742. The van der Waals surface area contributed by atoms with E-state index in [0.29, 0.717) is 0 Å². The van der Waals surface area contributed by atoms with Crippen LogP contribution >= 0.6 is 15.9 Å². The molecule has 2 unspecified atom stereocenters. The van der Waals surface area contributed by atoms with E-state index in [2.05, 4.69) is 59.4 Å². The minimum Gasteiger partial charge on any atom is -0.311 e. The predicted molar refractivity (Wildman–Crippen MR) is 93.6 cm³/mol. The smallest absolute Gasteiger partial charge is 0.0210 e. The van der Waals surface area contributed by atoms with Crippen LogP contribution in [0.25, 0.3) is 0 Å². The molecule has 0 bridgehead atoms. The lowest BCUT2D eigenvalue weighted by Gasteiger charge is -2.43. The normalized spacial score (nSPS) is 33.0. The van der Waals surface area contributed by atoms with E-state index in [9.17, 15) is 0 Å². The molecule has 2 saturated carbocycles. The molecule has 21 heavy (non-hydrogen) atoms. The molecule has 1 aromatic rings. The average Bonchev–Trinajstić information content (AvgIpc) is 2.44. The fourth-order valence-corrected chi connectivity index (χ4v) is 4.89. The molecule has 0 aliphatic heterocycles. The van der Waals surface area contributed by atoms with Gasteiger partial charge in [0, 0.05) is 16.6 Å². The summed E-state index contributed by atoms with van der Waals surface area (Å²) in [7, 11) is 0. The monoisotopic (exact) mass is 349 g/mol. The van der Waals surface area contributed by atoms with Gasteiger partial charge in [-0.3, -0.25) is 0 Å². The van der Waals surface area contributed by atoms with Crippen molar-refractivity contribution >= 4 is 15.9 Å². The Morgan fingerprint density at radius 3 is 2.52 bits per heavy atom. The topological polar surface area (TPSA) is 12.0 Å². The van der Waals surface area contributed by atoms with Crippen LogP contribution < -0.4 is 5.32 Å². The van der Waals surface area contributed by atoms with Crippen molar-refractivity contribution < 1.29 is 0 Å². The van der Waals surface area contributed by atoms with Crippen molar-refractivity contribution in [3.05, 3.63) is 34.3 Å². The molecule has 2 aliphatic carbocycles. The summed E-state index contributed by atoms with van der Waals surface area (Å²) in [6.07, 6.45) is 8.29. The van der Waals surface area contributed by atoms with Crippen molar-refractivity contribution in [2.45, 2.75) is 70.4 Å². The van der Waals surface area contributed by atoms with E-state index in [0.717, 1.165) is 29.8 Å². The molecular weight excluding hydrogens is 322 g/mol. The summed E-state index contributed by atoms with van der Waals surface area (Å²) in [6.45, 7) is 4.80. The fraction of sp³-hybridized carbons (Fsp3) is 0.684. The molecule has 116 valence electrons. The molecule has 0 amide bonds. The molecule has 3 rings (SSSR count). The first-order valence-electron chi connectivity index (χ1n) is 8.65. The Bertz CT molecular complexity index is 464. The van der Waals surface area contributed by atoms with Gasteiger partial charge in [-0.15, -0.1) is 0 Å². The quantitative estimate of drug-likeness (QED) is 0.756. The third-order valence-corrected chi connectivity index (χ3v) is 6.33. The standard InChI is InChI=1S/C19H28BrN/c1-13(2)16-7-4-6-10-19(16)21-15-11-14(12-15)17-8-3-5-9-18(17)20/h3,5,8-9,13-16,19,21H,4,6-7,10-12H2,1-2H3. The van der Waals surface area contributed by atoms with Crippen LogP contribution in [0.5, 0.6) is 0 Å². The third kappa shape index (κ3) is 3.53. The Labute approximate surface area is 138 Å². The molecule has 1 N–H and O–H groups in total. The Balaban J connectivity index is 1.53. The summed E-state index contributed by atoms with van der Waals surface area (Å²) >= 11 is 3.70. The number of benzene rings is 1. The van der Waals surface area contributed by atoms with E-state index in [1.165, 1.54) is 48.6 Å². The maximum atomic E-state index is 3.99. The Morgan fingerprint density at radius 2 is 1.81 bits per heavy atom. The third-order valence-electron chi connectivity index (χ3n) is 5.61. The second-order valence-corrected chi connectivity index (χ2v) is 8.21. The largest absolute Gasteiger partial charge is 0.311 e. The lowest BCUT2D eigenvalue weighted by molar-refractivity contribution is 0.160. The van der Waals surface area contributed by atoms with Crippen molar-refractivity contribution in [3.63, 3.8) is 0 Å². The molecular formula is C19H28BrN. The first-order chi connectivity index (χ1) is 10.1. The summed E-state index contributed by atoms with van der Waals surface area (Å²) < 4.78 is 1.28. The van der Waals surface area contributed by atoms with Crippen LogP contribution in [0.15, 0.2) is 28.7 Å². The molecule has 2 fully saturated rings. The predicted octanol–water partition coefficient (Wildman–Crippen LogP) is 5.50. The second kappa shape index (κ2) is 6.83. The molecule has 0 spiro atoms. The lowest BCUT2D eigenvalue weighted by atomic mass is 9.73. The van der Waals surface area contributed by atoms with Gasteiger partial charge >= 0.3 is 0 Å². The summed E-state index contributed by atoms with van der Waals surface area (Å²) in [5.41, 5.74) is 1.50. The number of halogens is 1. The maximum Gasteiger partial charge on any atom is 0.0210 e. The summed E-state index contributed by atoms with van der Waals surface area (Å²) in [5, 5.41) is 3.99. The van der Waals surface area contributed by atoms with Crippen LogP contribution in [0, 0.1) is 11.8 Å². The minimum absolute atomic E-state index is 0.742. The van der Waals surface area contributed by atoms with Crippen molar-refractivity contribution in [2.24, 2.45) is 11.8 Å². The van der Waals surface area contributed by atoms with Crippen molar-refractivity contribution in [1.82, 2.24) is 5.32 Å². The molecule has 2 heteroatoms. The van der Waals surface area contributed by atoms with E-state index < -0.39 is 0 Å². The highest BCUT2D eigenvalue weighted by Gasteiger charge is 2.35. The van der Waals surface area contributed by atoms with Gasteiger partial charge in [0.1, 0.15) is 0 Å². The molecule has 0 aromatic heterocycles. The molecule has 2 aliphatic rings. The van der Waals surface area contributed by atoms with Gasteiger partial charge in [0.05, 0.1) is 0 Å². The average molecular weight is 350 g/mol. The molecule has 0 saturated heterocycles. The van der Waals surface area contributed by atoms with E-state index >= 15 is 0 Å². The van der Waals surface area contributed by atoms with Gasteiger partial charge in [-0.05, 0) is 55.1 Å². The Kier molecular flexibility index (Phi) is 5.06. The van der Waals surface area contributed by atoms with Crippen LogP contribution in [0.2, 0.25) is 0 Å². The van der Waals surface area contributed by atoms with Crippen LogP contribution in [-0.4, -0.2) is 12.1 Å². The zero-order valence-corrected chi connectivity index (χ0v) is 14.9. The van der Waals surface area contributed by atoms with Gasteiger partial charge < -0.3 is 5.32 Å². The van der Waals surface area contributed by atoms with Gasteiger partial charge in [-0.25, -0.2) is 0 Å². The summed E-state index contributed by atoms with van der Waals surface area (Å²) in [4.78, 5) is 0. The first kappa shape index (κ1) is 15.6. The Morgan fingerprint density at radius 1 is 1.10 bits per heavy atom. The van der Waals surface area contributed by atoms with Crippen LogP contribution in [-0.2, 0) is 0 Å². The highest BCUT2D eigenvalue weighted by Crippen LogP contribution is 2.41. The highest BCUT2D eigenvalue weighted by atomic mass is 79.9. The van der Waals surface area contributed by atoms with E-state index in [-0.39, 0.29) is 0 Å². The zero-order chi connectivity index (χ0) is 14.8. The molecule has 0 radical (unpaired) electrons. The second-order valence-electron chi connectivity index (χ2n) is 7.35. The molecule has 1 nitrogen and oxygen atoms in total. The van der Waals surface area contributed by atoms with Crippen molar-refractivity contribution in [2.75, 3.05) is 0 Å². The molecule has 2 atom stereocenters. The fourth-order valence-electron chi connectivity index (χ4n) is 4.28. The SMILES string of the molecule is CC(C)C1CCCCC1NC1CC(c2ccccc2Br)C1. The van der Waals surface area contributed by atoms with Crippen molar-refractivity contribution in [1.29, 1.82) is 0 Å². The zero-order valence-electron chi connectivity index (χ0n) is 13.3. The van der Waals surface area contributed by atoms with E-state index in [4.69, 9.17) is 0 Å². The first-order valence-corrected chi connectivity index (χ1v) is 9.45. The molecule has 0 heterocycles. The number of rotatable bonds is 4. The number of nitrogens with one attached hydrogen (secondary N) is 1. The lowest BCUT2D eigenvalue weighted by Crippen LogP contribution is -2.50.